The molecule has 0 aliphatic rings. The van der Waals surface area contributed by atoms with Crippen LogP contribution in [0.15, 0.2) is 70.7 Å². The molecule has 0 bridgehead atoms. The van der Waals surface area contributed by atoms with Crippen LogP contribution in [0.5, 0.6) is 11.5 Å². The van der Waals surface area contributed by atoms with Gasteiger partial charge in [0.25, 0.3) is 5.91 Å². The molecule has 0 aliphatic heterocycles. The fraction of sp³-hybridized carbons (Fsp3) is 0.167. The van der Waals surface area contributed by atoms with Gasteiger partial charge in [0.2, 0.25) is 0 Å². The van der Waals surface area contributed by atoms with E-state index in [9.17, 15) is 4.79 Å². The first-order valence-corrected chi connectivity index (χ1v) is 11.1. The minimum Gasteiger partial charge on any atom is -0.493 e. The molecule has 0 saturated carbocycles. The number of carbonyl (C=O) groups excluding carboxylic acids is 1. The van der Waals surface area contributed by atoms with Crippen molar-refractivity contribution in [3.05, 3.63) is 82.6 Å². The maximum absolute atomic E-state index is 13.2. The van der Waals surface area contributed by atoms with Gasteiger partial charge in [-0.25, -0.2) is 4.98 Å². The van der Waals surface area contributed by atoms with E-state index in [2.05, 4.69) is 0 Å². The van der Waals surface area contributed by atoms with Gasteiger partial charge in [0.05, 0.1) is 26.2 Å². The first-order chi connectivity index (χ1) is 15.6. The Morgan fingerprint density at radius 1 is 1.09 bits per heavy atom. The van der Waals surface area contributed by atoms with Gasteiger partial charge < -0.3 is 13.9 Å². The van der Waals surface area contributed by atoms with Crippen LogP contribution in [0.4, 0.5) is 5.13 Å². The predicted molar refractivity (Wildman–Crippen MR) is 126 cm³/mol. The maximum atomic E-state index is 13.2. The third kappa shape index (κ3) is 4.79. The molecule has 2 aromatic heterocycles. The maximum Gasteiger partial charge on any atom is 0.295 e. The zero-order chi connectivity index (χ0) is 22.5. The smallest absolute Gasteiger partial charge is 0.295 e. The van der Waals surface area contributed by atoms with Crippen molar-refractivity contribution in [2.24, 2.45) is 0 Å². The summed E-state index contributed by atoms with van der Waals surface area (Å²) in [5, 5.41) is 3.18. The molecule has 0 fully saturated rings. The number of rotatable bonds is 8. The number of thiazole rings is 1. The number of methoxy groups -OCH3 is 2. The lowest BCUT2D eigenvalue weighted by Crippen LogP contribution is -2.32. The Hall–Kier alpha value is -3.29. The Kier molecular flexibility index (Phi) is 6.78. The van der Waals surface area contributed by atoms with Crippen LogP contribution in [0.25, 0.3) is 11.3 Å². The van der Waals surface area contributed by atoms with Crippen molar-refractivity contribution in [1.82, 2.24) is 4.98 Å². The number of nitrogens with zero attached hydrogens (tertiary/aromatic N) is 2. The molecule has 32 heavy (non-hydrogen) atoms. The third-order valence-electron chi connectivity index (χ3n) is 4.91. The lowest BCUT2D eigenvalue weighted by atomic mass is 10.1. The van der Waals surface area contributed by atoms with Crippen molar-refractivity contribution in [1.29, 1.82) is 0 Å². The van der Waals surface area contributed by atoms with Gasteiger partial charge in [-0.05, 0) is 48.4 Å². The molecule has 2 aromatic carbocycles. The standard InChI is InChI=1S/C24H21ClN2O4S/c1-29-20-10-5-16(14-22(20)30-2)11-12-27(23(28)21-4-3-13-31-21)24-26-19(15-32-24)17-6-8-18(25)9-7-17/h3-10,13-15H,11-12H2,1-2H3. The molecule has 0 aliphatic carbocycles. The predicted octanol–water partition coefficient (Wildman–Crippen LogP) is 5.96. The monoisotopic (exact) mass is 468 g/mol. The zero-order valence-electron chi connectivity index (χ0n) is 17.6. The Balaban J connectivity index is 1.60. The highest BCUT2D eigenvalue weighted by Crippen LogP contribution is 2.31. The number of amides is 1. The van der Waals surface area contributed by atoms with Crippen LogP contribution in [-0.4, -0.2) is 31.7 Å². The van der Waals surface area contributed by atoms with E-state index < -0.39 is 0 Å². The highest BCUT2D eigenvalue weighted by atomic mass is 35.5. The van der Waals surface area contributed by atoms with Gasteiger partial charge in [0, 0.05) is 22.5 Å². The average molecular weight is 469 g/mol. The fourth-order valence-electron chi connectivity index (χ4n) is 3.24. The van der Waals surface area contributed by atoms with E-state index in [1.54, 1.807) is 31.3 Å². The van der Waals surface area contributed by atoms with Crippen molar-refractivity contribution >= 4 is 34.0 Å². The highest BCUT2D eigenvalue weighted by Gasteiger charge is 2.23. The van der Waals surface area contributed by atoms with E-state index in [0.29, 0.717) is 34.6 Å². The zero-order valence-corrected chi connectivity index (χ0v) is 19.2. The van der Waals surface area contributed by atoms with Crippen LogP contribution in [0.1, 0.15) is 16.1 Å². The minimum atomic E-state index is -0.243. The van der Waals surface area contributed by atoms with Crippen molar-refractivity contribution in [3.63, 3.8) is 0 Å². The van der Waals surface area contributed by atoms with E-state index in [-0.39, 0.29) is 11.7 Å². The van der Waals surface area contributed by atoms with Gasteiger partial charge in [-0.15, -0.1) is 11.3 Å². The number of benzene rings is 2. The van der Waals surface area contributed by atoms with Gasteiger partial charge in [0.1, 0.15) is 0 Å². The molecule has 4 rings (SSSR count). The first kappa shape index (κ1) is 21.9. The molecule has 4 aromatic rings. The second-order valence-corrected chi connectivity index (χ2v) is 8.17. The van der Waals surface area contributed by atoms with Crippen LogP contribution in [-0.2, 0) is 6.42 Å². The van der Waals surface area contributed by atoms with Crippen molar-refractivity contribution in [2.75, 3.05) is 25.7 Å². The molecular weight excluding hydrogens is 448 g/mol. The quantitative estimate of drug-likeness (QED) is 0.319. The molecule has 8 heteroatoms. The van der Waals surface area contributed by atoms with Gasteiger partial charge in [0.15, 0.2) is 22.4 Å². The van der Waals surface area contributed by atoms with E-state index in [1.807, 2.05) is 47.8 Å². The van der Waals surface area contributed by atoms with Gasteiger partial charge in [-0.2, -0.15) is 0 Å². The largest absolute Gasteiger partial charge is 0.493 e. The summed E-state index contributed by atoms with van der Waals surface area (Å²) < 4.78 is 16.1. The molecule has 0 N–H and O–H groups in total. The van der Waals surface area contributed by atoms with E-state index in [4.69, 9.17) is 30.5 Å². The number of halogens is 1. The normalized spacial score (nSPS) is 10.7. The van der Waals surface area contributed by atoms with Crippen LogP contribution in [0.2, 0.25) is 5.02 Å². The molecular formula is C24H21ClN2O4S. The van der Waals surface area contributed by atoms with Crippen LogP contribution >= 0.6 is 22.9 Å². The van der Waals surface area contributed by atoms with Crippen molar-refractivity contribution in [2.45, 2.75) is 6.42 Å². The summed E-state index contributed by atoms with van der Waals surface area (Å²) in [7, 11) is 3.20. The Morgan fingerprint density at radius 2 is 1.88 bits per heavy atom. The van der Waals surface area contributed by atoms with Crippen molar-refractivity contribution < 1.29 is 18.7 Å². The molecule has 0 unspecified atom stereocenters. The molecule has 0 atom stereocenters. The number of aromatic nitrogens is 1. The Labute approximate surface area is 195 Å². The topological polar surface area (TPSA) is 64.8 Å². The summed E-state index contributed by atoms with van der Waals surface area (Å²) in [5.41, 5.74) is 2.72. The molecule has 2 heterocycles. The molecule has 1 amide bonds. The van der Waals surface area contributed by atoms with Crippen LogP contribution in [0, 0.1) is 0 Å². The van der Waals surface area contributed by atoms with Crippen LogP contribution in [0.3, 0.4) is 0 Å². The molecule has 6 nitrogen and oxygen atoms in total. The summed E-state index contributed by atoms with van der Waals surface area (Å²) in [6.45, 7) is 0.419. The third-order valence-corrected chi connectivity index (χ3v) is 6.03. The molecule has 164 valence electrons. The highest BCUT2D eigenvalue weighted by molar-refractivity contribution is 7.14. The van der Waals surface area contributed by atoms with Crippen molar-refractivity contribution in [3.8, 4) is 22.8 Å². The summed E-state index contributed by atoms with van der Waals surface area (Å²) in [6.07, 6.45) is 2.09. The SMILES string of the molecule is COc1ccc(CCN(C(=O)c2ccco2)c2nc(-c3ccc(Cl)cc3)cs2)cc1OC. The Morgan fingerprint density at radius 3 is 2.56 bits per heavy atom. The van der Waals surface area contributed by atoms with E-state index in [1.165, 1.54) is 17.6 Å². The lowest BCUT2D eigenvalue weighted by Gasteiger charge is -2.19. The molecule has 0 radical (unpaired) electrons. The second-order valence-electron chi connectivity index (χ2n) is 6.90. The summed E-state index contributed by atoms with van der Waals surface area (Å²) in [6, 6.07) is 16.5. The number of ether oxygens (including phenoxy) is 2. The lowest BCUT2D eigenvalue weighted by molar-refractivity contribution is 0.0960. The number of anilines is 1. The number of hydrogen-bond acceptors (Lipinski definition) is 6. The van der Waals surface area contributed by atoms with E-state index >= 15 is 0 Å². The number of furan rings is 1. The van der Waals surface area contributed by atoms with Gasteiger partial charge in [-0.1, -0.05) is 29.8 Å². The van der Waals surface area contributed by atoms with Gasteiger partial charge >= 0.3 is 0 Å². The van der Waals surface area contributed by atoms with Gasteiger partial charge in [-0.3, -0.25) is 9.69 Å². The average Bonchev–Trinajstić information content (AvgIpc) is 3.52. The Bertz CT molecular complexity index is 1190. The fourth-order valence-corrected chi connectivity index (χ4v) is 4.22. The first-order valence-electron chi connectivity index (χ1n) is 9.87. The molecule has 0 saturated heterocycles. The van der Waals surface area contributed by atoms with Crippen LogP contribution < -0.4 is 14.4 Å². The summed E-state index contributed by atoms with van der Waals surface area (Å²) >= 11 is 7.40. The summed E-state index contributed by atoms with van der Waals surface area (Å²) in [5.74, 6) is 1.33. The number of hydrogen-bond donors (Lipinski definition) is 0. The van der Waals surface area contributed by atoms with E-state index in [0.717, 1.165) is 16.8 Å². The molecule has 0 spiro atoms. The summed E-state index contributed by atoms with van der Waals surface area (Å²) in [4.78, 5) is 19.5. The minimum absolute atomic E-state index is 0.243. The second kappa shape index (κ2) is 9.89. The number of carbonyl (C=O) groups is 1.